The van der Waals surface area contributed by atoms with E-state index in [0.29, 0.717) is 22.2 Å². The van der Waals surface area contributed by atoms with E-state index in [1.54, 1.807) is 13.2 Å². The average molecular weight is 376 g/mol. The molecule has 0 saturated heterocycles. The topological polar surface area (TPSA) is 47.4 Å². The van der Waals surface area contributed by atoms with Gasteiger partial charge in [0.15, 0.2) is 8.24 Å². The third-order valence-electron chi connectivity index (χ3n) is 6.00. The highest BCUT2D eigenvalue weighted by molar-refractivity contribution is 6.82. The summed E-state index contributed by atoms with van der Waals surface area (Å²) in [5, 5.41) is 2.24. The van der Waals surface area contributed by atoms with Gasteiger partial charge in [-0.1, -0.05) is 48.0 Å². The molecule has 0 radical (unpaired) electrons. The molecular formula is C20H33N3O2Si. The first kappa shape index (κ1) is 20.6. The fourth-order valence-corrected chi connectivity index (χ4v) is 11.4. The van der Waals surface area contributed by atoms with Gasteiger partial charge in [0.05, 0.1) is 12.7 Å². The third-order valence-corrected chi connectivity index (χ3v) is 12.9. The molecule has 2 aromatic rings. The fraction of sp³-hybridized carbons (Fsp3) is 0.600. The van der Waals surface area contributed by atoms with Crippen LogP contribution in [-0.4, -0.2) is 42.6 Å². The first-order valence-electron chi connectivity index (χ1n) is 9.51. The third kappa shape index (κ3) is 3.20. The minimum Gasteiger partial charge on any atom is -0.359 e. The first-order chi connectivity index (χ1) is 12.2. The lowest BCUT2D eigenvalue weighted by Gasteiger charge is -2.45. The molecule has 2 heterocycles. The number of nitrogens with zero attached hydrogens (tertiary/aromatic N) is 3. The number of carbonyl (C=O) groups excluding carboxylic acids is 1. The van der Waals surface area contributed by atoms with Crippen molar-refractivity contribution < 1.29 is 9.63 Å². The molecule has 2 aromatic heterocycles. The van der Waals surface area contributed by atoms with Crippen molar-refractivity contribution in [1.82, 2.24) is 14.3 Å². The van der Waals surface area contributed by atoms with E-state index in [-0.39, 0.29) is 5.91 Å². The van der Waals surface area contributed by atoms with Crippen molar-refractivity contribution in [1.29, 1.82) is 0 Å². The Hall–Kier alpha value is -1.66. The minimum atomic E-state index is -1.88. The van der Waals surface area contributed by atoms with E-state index in [0.717, 1.165) is 17.5 Å². The molecule has 0 bridgehead atoms. The highest BCUT2D eigenvalue weighted by Gasteiger charge is 2.47. The maximum absolute atomic E-state index is 12.4. The van der Waals surface area contributed by atoms with Crippen molar-refractivity contribution in [3.8, 4) is 0 Å². The summed E-state index contributed by atoms with van der Waals surface area (Å²) >= 11 is 0. The van der Waals surface area contributed by atoms with Crippen LogP contribution in [0.4, 0.5) is 0 Å². The van der Waals surface area contributed by atoms with Crippen molar-refractivity contribution in [2.75, 3.05) is 14.2 Å². The van der Waals surface area contributed by atoms with Gasteiger partial charge in [-0.05, 0) is 35.0 Å². The highest BCUT2D eigenvalue weighted by Crippen LogP contribution is 2.45. The Morgan fingerprint density at radius 3 is 2.38 bits per heavy atom. The molecule has 5 nitrogen and oxygen atoms in total. The van der Waals surface area contributed by atoms with E-state index in [4.69, 9.17) is 9.82 Å². The molecule has 1 amide bonds. The smallest absolute Gasteiger partial charge is 0.278 e. The van der Waals surface area contributed by atoms with E-state index in [1.165, 1.54) is 12.2 Å². The molecule has 0 fully saturated rings. The highest BCUT2D eigenvalue weighted by atomic mass is 28.3. The normalized spacial score (nSPS) is 13.6. The number of fused-ring (bicyclic) bond motifs is 1. The van der Waals surface area contributed by atoms with Crippen LogP contribution in [0.15, 0.2) is 24.5 Å². The van der Waals surface area contributed by atoms with E-state index in [1.807, 2.05) is 6.07 Å². The number of rotatable bonds is 7. The SMILES string of the molecule is CCC(C)[Si](C(C)C)(C(C)C)n1ccc2cc(C(=O)N(C)OC)cnc21. The lowest BCUT2D eigenvalue weighted by molar-refractivity contribution is -0.0757. The van der Waals surface area contributed by atoms with Crippen molar-refractivity contribution in [2.24, 2.45) is 0 Å². The second-order valence-corrected chi connectivity index (χ2v) is 13.4. The van der Waals surface area contributed by atoms with Crippen LogP contribution in [0.2, 0.25) is 16.6 Å². The Labute approximate surface area is 158 Å². The number of carbonyl (C=O) groups is 1. The van der Waals surface area contributed by atoms with Gasteiger partial charge in [-0.15, -0.1) is 0 Å². The van der Waals surface area contributed by atoms with E-state index >= 15 is 0 Å². The number of hydrogen-bond donors (Lipinski definition) is 0. The number of hydrogen-bond acceptors (Lipinski definition) is 3. The molecule has 144 valence electrons. The molecule has 0 saturated carbocycles. The summed E-state index contributed by atoms with van der Waals surface area (Å²) in [6.07, 6.45) is 5.04. The lowest BCUT2D eigenvalue weighted by atomic mass is 10.2. The van der Waals surface area contributed by atoms with Gasteiger partial charge in [-0.2, -0.15) is 0 Å². The number of aromatic nitrogens is 2. The summed E-state index contributed by atoms with van der Waals surface area (Å²) in [4.78, 5) is 22.1. The molecule has 6 heteroatoms. The van der Waals surface area contributed by atoms with Crippen LogP contribution in [0.25, 0.3) is 11.0 Å². The zero-order valence-electron chi connectivity index (χ0n) is 17.4. The second-order valence-electron chi connectivity index (χ2n) is 7.81. The largest absolute Gasteiger partial charge is 0.359 e. The van der Waals surface area contributed by atoms with Crippen LogP contribution in [0, 0.1) is 0 Å². The molecule has 0 spiro atoms. The summed E-state index contributed by atoms with van der Waals surface area (Å²) in [6, 6.07) is 4.02. The summed E-state index contributed by atoms with van der Waals surface area (Å²) in [7, 11) is 1.21. The molecule has 1 atom stereocenters. The van der Waals surface area contributed by atoms with Crippen molar-refractivity contribution in [3.05, 3.63) is 30.1 Å². The summed E-state index contributed by atoms with van der Waals surface area (Å²) < 4.78 is 2.49. The van der Waals surface area contributed by atoms with Crippen molar-refractivity contribution >= 4 is 25.2 Å². The summed E-state index contributed by atoms with van der Waals surface area (Å²) in [5.41, 5.74) is 3.37. The quantitative estimate of drug-likeness (QED) is 0.500. The number of pyridine rings is 1. The fourth-order valence-electron chi connectivity index (χ4n) is 4.64. The van der Waals surface area contributed by atoms with Crippen LogP contribution in [-0.2, 0) is 4.84 Å². The van der Waals surface area contributed by atoms with Gasteiger partial charge >= 0.3 is 0 Å². The predicted octanol–water partition coefficient (Wildman–Crippen LogP) is 5.08. The molecule has 0 N–H and O–H groups in total. The molecule has 26 heavy (non-hydrogen) atoms. The summed E-state index contributed by atoms with van der Waals surface area (Å²) in [5.74, 6) is -0.187. The standard InChI is InChI=1S/C20H33N3O2Si/c1-9-16(6)26(14(2)3,15(4)5)23-11-10-17-12-18(13-21-19(17)23)20(24)22(7)25-8/h10-16H,9H2,1-8H3. The molecular weight excluding hydrogens is 342 g/mol. The van der Waals surface area contributed by atoms with Crippen LogP contribution in [0.5, 0.6) is 0 Å². The molecule has 1 unspecified atom stereocenters. The van der Waals surface area contributed by atoms with Crippen molar-refractivity contribution in [2.45, 2.75) is 64.6 Å². The van der Waals surface area contributed by atoms with Gasteiger partial charge in [0, 0.05) is 18.6 Å². The number of hydroxylamine groups is 2. The van der Waals surface area contributed by atoms with Gasteiger partial charge in [-0.25, -0.2) is 10.0 Å². The molecule has 0 aromatic carbocycles. The zero-order valence-corrected chi connectivity index (χ0v) is 18.4. The number of amides is 1. The van der Waals surface area contributed by atoms with Gasteiger partial charge in [-0.3, -0.25) is 9.63 Å². The summed E-state index contributed by atoms with van der Waals surface area (Å²) in [6.45, 7) is 14.1. The molecule has 0 aliphatic carbocycles. The van der Waals surface area contributed by atoms with Gasteiger partial charge in [0.25, 0.3) is 5.91 Å². The lowest BCUT2D eigenvalue weighted by Crippen LogP contribution is -2.52. The Balaban J connectivity index is 2.64. The minimum absolute atomic E-state index is 0.187. The van der Waals surface area contributed by atoms with Crippen LogP contribution in [0.3, 0.4) is 0 Å². The predicted molar refractivity (Wildman–Crippen MR) is 110 cm³/mol. The van der Waals surface area contributed by atoms with Crippen LogP contribution >= 0.6 is 0 Å². The first-order valence-corrected chi connectivity index (χ1v) is 11.7. The Bertz CT molecular complexity index is 762. The molecule has 0 aliphatic rings. The Morgan fingerprint density at radius 2 is 1.88 bits per heavy atom. The van der Waals surface area contributed by atoms with Gasteiger partial charge < -0.3 is 4.23 Å². The maximum atomic E-state index is 12.4. The van der Waals surface area contributed by atoms with Crippen LogP contribution in [0.1, 0.15) is 58.3 Å². The Kier molecular flexibility index (Phi) is 6.29. The van der Waals surface area contributed by atoms with E-state index in [9.17, 15) is 4.79 Å². The van der Waals surface area contributed by atoms with E-state index < -0.39 is 8.24 Å². The molecule has 2 rings (SSSR count). The van der Waals surface area contributed by atoms with Gasteiger partial charge in [0.1, 0.15) is 5.65 Å². The zero-order chi connectivity index (χ0) is 19.6. The van der Waals surface area contributed by atoms with Gasteiger partial charge in [0.2, 0.25) is 0 Å². The average Bonchev–Trinajstić information content (AvgIpc) is 3.03. The Morgan fingerprint density at radius 1 is 1.27 bits per heavy atom. The maximum Gasteiger partial charge on any atom is 0.278 e. The van der Waals surface area contributed by atoms with Crippen molar-refractivity contribution in [3.63, 3.8) is 0 Å². The second kappa shape index (κ2) is 7.92. The van der Waals surface area contributed by atoms with E-state index in [2.05, 4.69) is 58.0 Å². The monoisotopic (exact) mass is 375 g/mol. The van der Waals surface area contributed by atoms with Crippen LogP contribution < -0.4 is 0 Å². The molecule has 0 aliphatic heterocycles.